The van der Waals surface area contributed by atoms with E-state index in [4.69, 9.17) is 9.40 Å². The van der Waals surface area contributed by atoms with Crippen molar-refractivity contribution in [2.75, 3.05) is 0 Å². The van der Waals surface area contributed by atoms with Crippen molar-refractivity contribution in [3.05, 3.63) is 119 Å². The first-order valence-electron chi connectivity index (χ1n) is 15.6. The van der Waals surface area contributed by atoms with Crippen LogP contribution in [0.25, 0.3) is 61.2 Å². The molecule has 0 aliphatic rings. The lowest BCUT2D eigenvalue weighted by Crippen LogP contribution is -2.09. The van der Waals surface area contributed by atoms with Gasteiger partial charge in [0.05, 0.1) is 22.3 Å². The van der Waals surface area contributed by atoms with Gasteiger partial charge in [0.2, 0.25) is 0 Å². The summed E-state index contributed by atoms with van der Waals surface area (Å²) in [5.74, 6) is -1.21. The Bertz CT molecular complexity index is 2170. The summed E-state index contributed by atoms with van der Waals surface area (Å²) in [4.78, 5) is 5.23. The first kappa shape index (κ1) is 24.0. The monoisotopic (exact) mass is 550 g/mol. The number of para-hydroxylation sites is 2. The van der Waals surface area contributed by atoms with Crippen molar-refractivity contribution >= 4 is 33.0 Å². The van der Waals surface area contributed by atoms with E-state index in [0.29, 0.717) is 0 Å². The van der Waals surface area contributed by atoms with E-state index >= 15 is 0 Å². The third kappa shape index (κ3) is 4.15. The Morgan fingerprint density at radius 2 is 1.43 bits per heavy atom. The Morgan fingerprint density at radius 3 is 2.14 bits per heavy atom. The molecule has 3 heteroatoms. The highest BCUT2D eigenvalue weighted by atomic mass is 16.3. The number of hydrogen-bond donors (Lipinski definition) is 0. The van der Waals surface area contributed by atoms with Gasteiger partial charge in [-0.3, -0.25) is 4.57 Å². The van der Waals surface area contributed by atoms with Crippen LogP contribution in [0.15, 0.2) is 101 Å². The Morgan fingerprint density at radius 1 is 0.738 bits per heavy atom. The highest BCUT2D eigenvalue weighted by molar-refractivity contribution is 6.11. The van der Waals surface area contributed by atoms with Crippen LogP contribution in [0, 0.1) is 13.8 Å². The molecule has 0 N–H and O–H groups in total. The van der Waals surface area contributed by atoms with E-state index in [-0.39, 0.29) is 0 Å². The third-order valence-corrected chi connectivity index (χ3v) is 8.30. The van der Waals surface area contributed by atoms with Crippen LogP contribution in [0.2, 0.25) is 0 Å². The molecule has 0 radical (unpaired) electrons. The molecule has 7 aromatic rings. The number of imidazole rings is 1. The molecular weight excluding hydrogens is 512 g/mol. The molecule has 0 unspecified atom stereocenters. The van der Waals surface area contributed by atoms with Crippen LogP contribution in [0.3, 0.4) is 0 Å². The van der Waals surface area contributed by atoms with Crippen LogP contribution in [-0.2, 0) is 0 Å². The van der Waals surface area contributed by atoms with Crippen LogP contribution in [0.5, 0.6) is 0 Å². The zero-order chi connectivity index (χ0) is 31.0. The number of fused-ring (bicyclic) bond motifs is 4. The predicted octanol–water partition coefficient (Wildman–Crippen LogP) is 11.1. The average Bonchev–Trinajstić information content (AvgIpc) is 3.55. The van der Waals surface area contributed by atoms with E-state index < -0.39 is 11.8 Å². The summed E-state index contributed by atoms with van der Waals surface area (Å²) >= 11 is 0. The van der Waals surface area contributed by atoms with E-state index in [0.717, 1.165) is 83.4 Å². The summed E-state index contributed by atoms with van der Waals surface area (Å²) in [6.07, 6.45) is 0. The largest absolute Gasteiger partial charge is 0.455 e. The van der Waals surface area contributed by atoms with Crippen LogP contribution in [-0.4, -0.2) is 9.55 Å². The van der Waals surface area contributed by atoms with E-state index in [9.17, 15) is 2.74 Å². The highest BCUT2D eigenvalue weighted by Gasteiger charge is 2.25. The molecule has 0 bridgehead atoms. The number of hydrogen-bond acceptors (Lipinski definition) is 2. The molecule has 208 valence electrons. The van der Waals surface area contributed by atoms with Gasteiger partial charge in [-0.2, -0.15) is 0 Å². The SMILES string of the molecule is [2H]C(C)(C)c1cc(-c2ccccc2)cc(C([2H])(C)C)c1-n1c(-c2ccc(C)c3c2oc2cc(C)ccc23)nc2ccccc21. The van der Waals surface area contributed by atoms with Crippen LogP contribution in [0.1, 0.15) is 64.5 Å². The Balaban J connectivity index is 1.64. The average molecular weight is 551 g/mol. The fourth-order valence-electron chi connectivity index (χ4n) is 6.20. The fraction of sp³-hybridized carbons (Fsp3) is 0.205. The van der Waals surface area contributed by atoms with Gasteiger partial charge in [-0.25, -0.2) is 4.98 Å². The standard InChI is InChI=1S/C39H36N2O/c1-23(2)31-21-28(27-12-8-7-9-13-27)22-32(24(3)4)37(31)41-34-15-11-10-14-33(34)40-39(41)30-19-17-26(6)36-29-18-16-25(5)20-35(29)42-38(30)36/h7-24H,1-6H3/i23D,24D. The van der Waals surface area contributed by atoms with Crippen LogP contribution >= 0.6 is 0 Å². The molecule has 2 heterocycles. The number of rotatable bonds is 5. The number of aromatic nitrogens is 2. The van der Waals surface area contributed by atoms with Crippen molar-refractivity contribution in [1.82, 2.24) is 9.55 Å². The van der Waals surface area contributed by atoms with E-state index in [1.54, 1.807) is 0 Å². The van der Waals surface area contributed by atoms with Gasteiger partial charge in [0.1, 0.15) is 17.0 Å². The lowest BCUT2D eigenvalue weighted by Gasteiger charge is -2.24. The molecule has 0 fully saturated rings. The van der Waals surface area contributed by atoms with Gasteiger partial charge in [-0.05, 0) is 95.4 Å². The van der Waals surface area contributed by atoms with Gasteiger partial charge in [0, 0.05) is 13.5 Å². The summed E-state index contributed by atoms with van der Waals surface area (Å²) < 4.78 is 27.6. The number of aryl methyl sites for hydroxylation is 2. The Kier molecular flexibility index (Phi) is 5.73. The molecule has 3 nitrogen and oxygen atoms in total. The smallest absolute Gasteiger partial charge is 0.149 e. The van der Waals surface area contributed by atoms with Gasteiger partial charge in [-0.15, -0.1) is 0 Å². The summed E-state index contributed by atoms with van der Waals surface area (Å²) in [5.41, 5.74) is 11.1. The topological polar surface area (TPSA) is 31.0 Å². The Labute approximate surface area is 250 Å². The van der Waals surface area contributed by atoms with Crippen LogP contribution in [0.4, 0.5) is 0 Å². The van der Waals surface area contributed by atoms with Gasteiger partial charge in [0.15, 0.2) is 0 Å². The van der Waals surface area contributed by atoms with Gasteiger partial charge >= 0.3 is 0 Å². The number of furan rings is 1. The molecule has 0 atom stereocenters. The quantitative estimate of drug-likeness (QED) is 0.213. The summed E-state index contributed by atoms with van der Waals surface area (Å²) in [6, 6.07) is 33.2. The second kappa shape index (κ2) is 10.0. The van der Waals surface area contributed by atoms with Crippen LogP contribution < -0.4 is 0 Å². The summed E-state index contributed by atoms with van der Waals surface area (Å²) in [5, 5.41) is 2.17. The van der Waals surface area contributed by atoms with Crippen molar-refractivity contribution in [2.45, 2.75) is 53.3 Å². The lowest BCUT2D eigenvalue weighted by atomic mass is 9.88. The second-order valence-corrected chi connectivity index (χ2v) is 11.8. The molecule has 42 heavy (non-hydrogen) atoms. The molecule has 5 aromatic carbocycles. The molecule has 0 aliphatic heterocycles. The normalized spacial score (nSPS) is 13.2. The zero-order valence-electron chi connectivity index (χ0n) is 27.0. The molecule has 0 spiro atoms. The minimum Gasteiger partial charge on any atom is -0.455 e. The van der Waals surface area contributed by atoms with E-state index in [1.165, 1.54) is 0 Å². The summed E-state index contributed by atoms with van der Waals surface area (Å²) in [7, 11) is 0. The van der Waals surface area contributed by atoms with Gasteiger partial charge in [-0.1, -0.05) is 88.4 Å². The Hall–Kier alpha value is -4.63. The van der Waals surface area contributed by atoms with Crippen molar-refractivity contribution in [2.24, 2.45) is 0 Å². The minimum atomic E-state index is -0.970. The van der Waals surface area contributed by atoms with Crippen molar-refractivity contribution in [1.29, 1.82) is 0 Å². The molecule has 0 amide bonds. The maximum atomic E-state index is 9.40. The first-order chi connectivity index (χ1) is 20.9. The van der Waals surface area contributed by atoms with Crippen molar-refractivity contribution in [3.63, 3.8) is 0 Å². The molecule has 7 rings (SSSR count). The van der Waals surface area contributed by atoms with Gasteiger partial charge < -0.3 is 4.42 Å². The fourth-order valence-corrected chi connectivity index (χ4v) is 6.20. The maximum Gasteiger partial charge on any atom is 0.149 e. The third-order valence-electron chi connectivity index (χ3n) is 8.30. The predicted molar refractivity (Wildman–Crippen MR) is 177 cm³/mol. The minimum absolute atomic E-state index is 0.732. The molecule has 0 saturated heterocycles. The van der Waals surface area contributed by atoms with Gasteiger partial charge in [0.25, 0.3) is 0 Å². The van der Waals surface area contributed by atoms with E-state index in [1.807, 2.05) is 64.1 Å². The lowest BCUT2D eigenvalue weighted by molar-refractivity contribution is 0.669. The summed E-state index contributed by atoms with van der Waals surface area (Å²) in [6.45, 7) is 11.9. The first-order valence-corrected chi connectivity index (χ1v) is 14.6. The zero-order valence-corrected chi connectivity index (χ0v) is 25.0. The van der Waals surface area contributed by atoms with Crippen molar-refractivity contribution < 1.29 is 7.16 Å². The number of nitrogens with zero attached hydrogens (tertiary/aromatic N) is 2. The second-order valence-electron chi connectivity index (χ2n) is 11.8. The molecular formula is C39H36N2O. The van der Waals surface area contributed by atoms with E-state index in [2.05, 4.69) is 79.1 Å². The maximum absolute atomic E-state index is 9.40. The molecule has 0 aliphatic carbocycles. The number of benzene rings is 5. The van der Waals surface area contributed by atoms with Crippen molar-refractivity contribution in [3.8, 4) is 28.2 Å². The molecule has 0 saturated carbocycles. The molecule has 2 aromatic heterocycles. The highest BCUT2D eigenvalue weighted by Crippen LogP contribution is 2.43.